The first kappa shape index (κ1) is 21.2. The smallest absolute Gasteiger partial charge is 0.357 e. The van der Waals surface area contributed by atoms with Gasteiger partial charge in [0, 0.05) is 12.2 Å². The predicted octanol–water partition coefficient (Wildman–Crippen LogP) is 1.04. The minimum atomic E-state index is -3.73. The molecule has 0 atom stereocenters. The molecule has 3 N–H and O–H groups in total. The summed E-state index contributed by atoms with van der Waals surface area (Å²) in [5.74, 6) is -1.11. The van der Waals surface area contributed by atoms with Crippen molar-refractivity contribution < 1.29 is 22.7 Å². The van der Waals surface area contributed by atoms with Gasteiger partial charge < -0.3 is 10.1 Å². The Labute approximate surface area is 173 Å². The maximum absolute atomic E-state index is 12.3. The molecule has 1 amide bonds. The normalized spacial score (nSPS) is 11.1. The number of carbonyl (C=O) groups is 2. The zero-order chi connectivity index (χ0) is 21.6. The Balaban J connectivity index is 1.46. The molecule has 0 radical (unpaired) electrons. The van der Waals surface area contributed by atoms with Gasteiger partial charge >= 0.3 is 5.97 Å². The second-order valence-electron chi connectivity index (χ2n) is 6.35. The molecule has 2 aromatic carbocycles. The van der Waals surface area contributed by atoms with Gasteiger partial charge in [-0.05, 0) is 36.2 Å². The molecule has 0 unspecified atom stereocenters. The number of hydrogen-bond acceptors (Lipinski definition) is 6. The summed E-state index contributed by atoms with van der Waals surface area (Å²) in [7, 11) is -3.73. The van der Waals surface area contributed by atoms with Gasteiger partial charge in [0.25, 0.3) is 5.91 Å². The average molecular weight is 428 g/mol. The number of para-hydroxylation sites is 1. The number of esters is 1. The lowest BCUT2D eigenvalue weighted by Crippen LogP contribution is -2.30. The number of amides is 1. The first-order valence-electron chi connectivity index (χ1n) is 8.98. The number of hydrogen-bond donors (Lipinski definition) is 2. The first-order chi connectivity index (χ1) is 14.3. The van der Waals surface area contributed by atoms with E-state index in [1.165, 1.54) is 24.7 Å². The second kappa shape index (κ2) is 9.33. The van der Waals surface area contributed by atoms with Crippen LogP contribution in [-0.4, -0.2) is 43.0 Å². The van der Waals surface area contributed by atoms with Crippen molar-refractivity contribution in [2.75, 3.05) is 13.2 Å². The number of nitrogens with two attached hydrogens (primary N) is 1. The predicted molar refractivity (Wildman–Crippen MR) is 108 cm³/mol. The third-order valence-electron chi connectivity index (χ3n) is 4.20. The molecule has 3 rings (SSSR count). The Morgan fingerprint density at radius 1 is 1.07 bits per heavy atom. The van der Waals surface area contributed by atoms with Crippen molar-refractivity contribution in [3.05, 3.63) is 78.4 Å². The van der Waals surface area contributed by atoms with Crippen LogP contribution < -0.4 is 10.5 Å². The molecule has 0 saturated heterocycles. The van der Waals surface area contributed by atoms with Crippen LogP contribution in [0.25, 0.3) is 5.69 Å². The largest absolute Gasteiger partial charge is 0.451 e. The number of benzene rings is 2. The summed E-state index contributed by atoms with van der Waals surface area (Å²) >= 11 is 0. The number of ether oxygens (including phenoxy) is 1. The summed E-state index contributed by atoms with van der Waals surface area (Å²) in [6.07, 6.45) is 3.34. The zero-order valence-corrected chi connectivity index (χ0v) is 16.7. The topological polar surface area (TPSA) is 133 Å². The highest BCUT2D eigenvalue weighted by Crippen LogP contribution is 2.12. The van der Waals surface area contributed by atoms with Gasteiger partial charge in [-0.1, -0.05) is 30.3 Å². The number of aromatic nitrogens is 2. The van der Waals surface area contributed by atoms with Crippen LogP contribution >= 0.6 is 0 Å². The molecular formula is C20H20N4O5S. The lowest BCUT2D eigenvalue weighted by molar-refractivity contribution is -0.124. The van der Waals surface area contributed by atoms with Gasteiger partial charge in [0.05, 0.1) is 17.4 Å². The monoisotopic (exact) mass is 428 g/mol. The van der Waals surface area contributed by atoms with Crippen molar-refractivity contribution >= 4 is 21.9 Å². The highest BCUT2D eigenvalue weighted by Gasteiger charge is 2.16. The van der Waals surface area contributed by atoms with E-state index in [0.29, 0.717) is 13.0 Å². The van der Waals surface area contributed by atoms with Crippen LogP contribution in [0.3, 0.4) is 0 Å². The fourth-order valence-corrected chi connectivity index (χ4v) is 3.20. The maximum Gasteiger partial charge on any atom is 0.357 e. The van der Waals surface area contributed by atoms with Gasteiger partial charge in [0.15, 0.2) is 12.3 Å². The van der Waals surface area contributed by atoms with Crippen LogP contribution in [0, 0.1) is 0 Å². The average Bonchev–Trinajstić information content (AvgIpc) is 3.22. The number of nitrogens with zero attached hydrogens (tertiary/aromatic N) is 2. The SMILES string of the molecule is NS(=O)(=O)c1ccc(CCNC(=O)COC(=O)c2cncn2-c2ccccc2)cc1. The maximum atomic E-state index is 12.3. The van der Waals surface area contributed by atoms with E-state index in [1.807, 2.05) is 30.3 Å². The van der Waals surface area contributed by atoms with Crippen molar-refractivity contribution in [1.29, 1.82) is 0 Å². The Morgan fingerprint density at radius 2 is 1.77 bits per heavy atom. The molecule has 30 heavy (non-hydrogen) atoms. The summed E-state index contributed by atoms with van der Waals surface area (Å²) < 4.78 is 29.1. The van der Waals surface area contributed by atoms with E-state index in [4.69, 9.17) is 9.88 Å². The first-order valence-corrected chi connectivity index (χ1v) is 10.5. The molecule has 0 aliphatic carbocycles. The minimum absolute atomic E-state index is 0.0249. The number of imidazole rings is 1. The van der Waals surface area contributed by atoms with Crippen molar-refractivity contribution in [3.8, 4) is 5.69 Å². The van der Waals surface area contributed by atoms with Crippen LogP contribution in [0.1, 0.15) is 16.1 Å². The van der Waals surface area contributed by atoms with Crippen LogP contribution in [-0.2, 0) is 26.0 Å². The second-order valence-corrected chi connectivity index (χ2v) is 7.91. The fourth-order valence-electron chi connectivity index (χ4n) is 2.69. The van der Waals surface area contributed by atoms with Crippen LogP contribution in [0.4, 0.5) is 0 Å². The number of nitrogens with one attached hydrogen (secondary N) is 1. The molecule has 0 aliphatic heterocycles. The Hall–Kier alpha value is -3.50. The van der Waals surface area contributed by atoms with Crippen LogP contribution in [0.15, 0.2) is 72.0 Å². The van der Waals surface area contributed by atoms with E-state index in [9.17, 15) is 18.0 Å². The molecule has 156 valence electrons. The molecule has 1 heterocycles. The standard InChI is InChI=1S/C20H20N4O5S/c21-30(27,28)17-8-6-15(7-9-17)10-11-23-19(25)13-29-20(26)18-12-22-14-24(18)16-4-2-1-3-5-16/h1-9,12,14H,10-11,13H2,(H,23,25)(H2,21,27,28). The number of rotatable bonds is 8. The van der Waals surface area contributed by atoms with Gasteiger partial charge in [-0.2, -0.15) is 0 Å². The van der Waals surface area contributed by atoms with E-state index >= 15 is 0 Å². The summed E-state index contributed by atoms with van der Waals surface area (Å²) in [4.78, 5) is 28.2. The van der Waals surface area contributed by atoms with E-state index in [-0.39, 0.29) is 10.6 Å². The fraction of sp³-hybridized carbons (Fsp3) is 0.150. The Bertz CT molecular complexity index is 1130. The number of primary sulfonamides is 1. The van der Waals surface area contributed by atoms with Crippen molar-refractivity contribution in [3.63, 3.8) is 0 Å². The summed E-state index contributed by atoms with van der Waals surface area (Å²) in [5, 5.41) is 7.69. The zero-order valence-electron chi connectivity index (χ0n) is 15.9. The van der Waals surface area contributed by atoms with Gasteiger partial charge in [-0.15, -0.1) is 0 Å². The van der Waals surface area contributed by atoms with Gasteiger partial charge in [0.1, 0.15) is 0 Å². The quantitative estimate of drug-likeness (QED) is 0.515. The van der Waals surface area contributed by atoms with E-state index in [1.54, 1.807) is 16.7 Å². The molecule has 0 bridgehead atoms. The van der Waals surface area contributed by atoms with E-state index in [2.05, 4.69) is 10.3 Å². The summed E-state index contributed by atoms with van der Waals surface area (Å²) in [5.41, 5.74) is 1.79. The van der Waals surface area contributed by atoms with Crippen molar-refractivity contribution in [2.24, 2.45) is 5.14 Å². The Morgan fingerprint density at radius 3 is 2.43 bits per heavy atom. The molecule has 0 aliphatic rings. The molecule has 0 saturated carbocycles. The summed E-state index contributed by atoms with van der Waals surface area (Å²) in [6.45, 7) is -0.129. The van der Waals surface area contributed by atoms with E-state index < -0.39 is 28.5 Å². The molecular weight excluding hydrogens is 408 g/mol. The lowest BCUT2D eigenvalue weighted by atomic mass is 10.1. The van der Waals surface area contributed by atoms with Crippen molar-refractivity contribution in [1.82, 2.24) is 14.9 Å². The third kappa shape index (κ3) is 5.52. The molecule has 0 fully saturated rings. The number of carbonyl (C=O) groups excluding carboxylic acids is 2. The summed E-state index contributed by atoms with van der Waals surface area (Å²) in [6, 6.07) is 15.2. The molecule has 3 aromatic rings. The van der Waals surface area contributed by atoms with Gasteiger partial charge in [-0.3, -0.25) is 9.36 Å². The van der Waals surface area contributed by atoms with Gasteiger partial charge in [0.2, 0.25) is 10.0 Å². The Kier molecular flexibility index (Phi) is 6.60. The molecule has 1 aromatic heterocycles. The van der Waals surface area contributed by atoms with Crippen molar-refractivity contribution in [2.45, 2.75) is 11.3 Å². The minimum Gasteiger partial charge on any atom is -0.451 e. The molecule has 9 nitrogen and oxygen atoms in total. The van der Waals surface area contributed by atoms with E-state index in [0.717, 1.165) is 11.3 Å². The highest BCUT2D eigenvalue weighted by molar-refractivity contribution is 7.89. The van der Waals surface area contributed by atoms with Gasteiger partial charge in [-0.25, -0.2) is 23.3 Å². The number of sulfonamides is 1. The molecule has 0 spiro atoms. The molecule has 10 heteroatoms. The lowest BCUT2D eigenvalue weighted by Gasteiger charge is -2.09. The third-order valence-corrected chi connectivity index (χ3v) is 5.13. The highest BCUT2D eigenvalue weighted by atomic mass is 32.2. The van der Waals surface area contributed by atoms with Crippen LogP contribution in [0.2, 0.25) is 0 Å². The van der Waals surface area contributed by atoms with Crippen LogP contribution in [0.5, 0.6) is 0 Å².